The van der Waals surface area contributed by atoms with Crippen molar-refractivity contribution in [2.24, 2.45) is 29.0 Å². The summed E-state index contributed by atoms with van der Waals surface area (Å²) in [5.74, 6) is -18.0. The number of nitrogens with one attached hydrogen (secondary N) is 5. The van der Waals surface area contributed by atoms with Crippen molar-refractivity contribution in [1.29, 1.82) is 0 Å². The van der Waals surface area contributed by atoms with Gasteiger partial charge < -0.3 is 133 Å². The van der Waals surface area contributed by atoms with Crippen molar-refractivity contribution in [1.82, 2.24) is 26.6 Å². The summed E-state index contributed by atoms with van der Waals surface area (Å²) in [6.45, 7) is 8.74. The Morgan fingerprint density at radius 3 is 1.93 bits per heavy atom. The zero-order chi connectivity index (χ0) is 80.0. The van der Waals surface area contributed by atoms with Gasteiger partial charge >= 0.3 is 5.97 Å². The number of ether oxygens (including phenoxy) is 8. The number of primary amides is 1. The summed E-state index contributed by atoms with van der Waals surface area (Å²) in [5, 5.41) is 127. The average Bonchev–Trinajstić information content (AvgIpc) is 0.765. The lowest BCUT2D eigenvalue weighted by molar-refractivity contribution is -0.333. The quantitative estimate of drug-likeness (QED) is 0.0709. The summed E-state index contributed by atoms with van der Waals surface area (Å²) in [5.41, 5.74) is 14.1. The van der Waals surface area contributed by atoms with E-state index < -0.39 is 257 Å². The number of likely N-dealkylation sites (N-methyl/N-ethyl adjacent to an activating group) is 1. The maximum atomic E-state index is 16.5. The normalized spacial score (nSPS) is 32.4. The summed E-state index contributed by atoms with van der Waals surface area (Å²) in [7, 11) is 1.50. The van der Waals surface area contributed by atoms with Gasteiger partial charge in [0, 0.05) is 65.9 Å². The Labute approximate surface area is 634 Å². The van der Waals surface area contributed by atoms with Gasteiger partial charge in [0.05, 0.1) is 53.9 Å². The predicted octanol–water partition coefficient (Wildman–Crippen LogP) is 1.67. The Morgan fingerprint density at radius 2 is 1.33 bits per heavy atom. The Bertz CT molecular complexity index is 4340. The number of amides is 5. The summed E-state index contributed by atoms with van der Waals surface area (Å²) in [6, 6.07) is 6.81. The van der Waals surface area contributed by atoms with Crippen LogP contribution in [0.25, 0.3) is 11.1 Å². The molecule has 34 nitrogen and oxygen atoms in total. The first kappa shape index (κ1) is 81.8. The second kappa shape index (κ2) is 33.0. The fourth-order valence-corrected chi connectivity index (χ4v) is 15.0. The van der Waals surface area contributed by atoms with Crippen LogP contribution >= 0.6 is 11.6 Å². The zero-order valence-corrected chi connectivity index (χ0v) is 61.5. The molecule has 35 heteroatoms. The molecule has 21 N–H and O–H groups in total. The van der Waals surface area contributed by atoms with Gasteiger partial charge in [-0.1, -0.05) is 49.7 Å². The highest BCUT2D eigenvalue weighted by atomic mass is 35.5. The number of benzene rings is 5. The van der Waals surface area contributed by atoms with E-state index in [1.807, 2.05) is 13.8 Å². The topological polar surface area (TPSA) is 551 Å². The van der Waals surface area contributed by atoms with E-state index in [4.69, 9.17) is 66.7 Å². The smallest absolute Gasteiger partial charge is 0.330 e. The van der Waals surface area contributed by atoms with E-state index in [0.29, 0.717) is 0 Å². The zero-order valence-electron chi connectivity index (χ0n) is 60.8. The number of aliphatic carboxylic acids is 1. The number of phenols is 3. The molecule has 13 unspecified atom stereocenters. The fraction of sp³-hybridized carbons (Fsp3) is 0.493. The fourth-order valence-electron chi connectivity index (χ4n) is 14.7. The first-order valence-electron chi connectivity index (χ1n) is 35.7. The average molecular weight is 1560 g/mol. The van der Waals surface area contributed by atoms with E-state index in [0.717, 1.165) is 36.4 Å². The minimum atomic E-state index is -2.24. The SMILES string of the molecule is CN[C@H](CC(C)C)C(=O)N[C@H]1C(=O)C[C@@H](CC(N)=O)C(=O)N[C@H]2C(=O)C[C@H]3C(=O)N[C@H](C(=O)N[C@H](C(=O)O)c4cc(O)cc(O)c4-c4cc3ccc4O)[C@H](OC3CC(C)(N)C(O)C(C)O3)c3ccc(cc3)Oc3cc2cc(c3OC2OC(CO)C(O)C(O)C2OC2CC(C)(N)C(O)C(C)O2)Oc2ccc(cc2Cl)[C@H]1O. The number of aliphatic hydroxyl groups is 6. The molecule has 0 aliphatic carbocycles. The number of hydrogen-bond acceptors (Lipinski definition) is 28. The molecular formula is C75H91ClN8O26. The molecule has 11 bridgehead atoms. The van der Waals surface area contributed by atoms with Gasteiger partial charge in [0.2, 0.25) is 41.6 Å². The molecule has 3 saturated heterocycles. The summed E-state index contributed by atoms with van der Waals surface area (Å²) >= 11 is 7.16. The number of halogens is 1. The lowest BCUT2D eigenvalue weighted by atomic mass is 9.84. The number of carbonyl (C=O) groups is 8. The van der Waals surface area contributed by atoms with Gasteiger partial charge in [-0.3, -0.25) is 33.6 Å². The summed E-state index contributed by atoms with van der Waals surface area (Å²) in [4.78, 5) is 120. The largest absolute Gasteiger partial charge is 0.508 e. The van der Waals surface area contributed by atoms with E-state index in [1.165, 1.54) is 83.3 Å². The second-order valence-corrected chi connectivity index (χ2v) is 30.1. The van der Waals surface area contributed by atoms with Crippen molar-refractivity contribution in [3.8, 4) is 57.1 Å². The second-order valence-electron chi connectivity index (χ2n) is 29.7. The third kappa shape index (κ3) is 17.4. The maximum absolute atomic E-state index is 16.5. The van der Waals surface area contributed by atoms with Crippen LogP contribution in [0.3, 0.4) is 0 Å². The first-order valence-corrected chi connectivity index (χ1v) is 36.0. The van der Waals surface area contributed by atoms with Crippen LogP contribution in [0.1, 0.15) is 138 Å². The Hall–Kier alpha value is -9.21. The molecule has 5 aromatic rings. The van der Waals surface area contributed by atoms with Crippen LogP contribution in [0, 0.1) is 11.8 Å². The van der Waals surface area contributed by atoms with Gasteiger partial charge in [0.1, 0.15) is 77.4 Å². The number of aliphatic hydroxyl groups excluding tert-OH is 6. The minimum Gasteiger partial charge on any atom is -0.508 e. The van der Waals surface area contributed by atoms with Gasteiger partial charge in [-0.05, 0) is 124 Å². The van der Waals surface area contributed by atoms with Gasteiger partial charge in [0.25, 0.3) is 0 Å². The molecule has 5 aromatic carbocycles. The highest BCUT2D eigenvalue weighted by Crippen LogP contribution is 2.50. The number of phenolic OH excluding ortho intramolecular Hbond substituents is 3. The van der Waals surface area contributed by atoms with Crippen LogP contribution < -0.4 is 58.0 Å². The van der Waals surface area contributed by atoms with Crippen LogP contribution in [0.15, 0.2) is 84.9 Å². The molecule has 5 amide bonds. The van der Waals surface area contributed by atoms with Crippen molar-refractivity contribution < 1.29 is 127 Å². The van der Waals surface area contributed by atoms with Crippen LogP contribution in [0.2, 0.25) is 5.02 Å². The number of ketones is 2. The van der Waals surface area contributed by atoms with E-state index in [9.17, 15) is 65.4 Å². The molecule has 8 aliphatic rings. The molecule has 594 valence electrons. The Balaban J connectivity index is 1.18. The number of aromatic hydroxyl groups is 3. The summed E-state index contributed by atoms with van der Waals surface area (Å²) < 4.78 is 51.8. The van der Waals surface area contributed by atoms with Crippen LogP contribution in [0.4, 0.5) is 0 Å². The minimum absolute atomic E-state index is 0.0156. The molecule has 0 aromatic heterocycles. The van der Waals surface area contributed by atoms with Crippen LogP contribution in [-0.4, -0.2) is 209 Å². The van der Waals surface area contributed by atoms with Gasteiger partial charge in [-0.25, -0.2) is 4.79 Å². The van der Waals surface area contributed by atoms with Crippen molar-refractivity contribution >= 4 is 58.7 Å². The van der Waals surface area contributed by atoms with E-state index in [-0.39, 0.29) is 64.0 Å². The molecule has 22 atom stereocenters. The third-order valence-electron chi connectivity index (χ3n) is 20.7. The van der Waals surface area contributed by atoms with Gasteiger partial charge in [-0.15, -0.1) is 0 Å². The monoisotopic (exact) mass is 1550 g/mol. The van der Waals surface area contributed by atoms with Crippen molar-refractivity contribution in [2.75, 3.05) is 13.7 Å². The number of hydrogen-bond donors (Lipinski definition) is 18. The van der Waals surface area contributed by atoms with E-state index in [1.54, 1.807) is 0 Å². The molecule has 8 heterocycles. The maximum Gasteiger partial charge on any atom is 0.330 e. The first-order chi connectivity index (χ1) is 51.8. The number of carbonyl (C=O) groups excluding carboxylic acids is 7. The highest BCUT2D eigenvalue weighted by Gasteiger charge is 2.52. The van der Waals surface area contributed by atoms with Crippen molar-refractivity contribution in [3.63, 3.8) is 0 Å². The van der Waals surface area contributed by atoms with Gasteiger partial charge in [0.15, 0.2) is 47.8 Å². The van der Waals surface area contributed by atoms with Crippen molar-refractivity contribution in [3.05, 3.63) is 118 Å². The number of carboxylic acids is 1. The summed E-state index contributed by atoms with van der Waals surface area (Å²) in [6.07, 6.45) is -24.0. The van der Waals surface area contributed by atoms with E-state index >= 15 is 24.0 Å². The molecule has 8 aliphatic heterocycles. The van der Waals surface area contributed by atoms with Crippen molar-refractivity contribution in [2.45, 2.75) is 207 Å². The van der Waals surface area contributed by atoms with Crippen LogP contribution in [0.5, 0.6) is 46.0 Å². The van der Waals surface area contributed by atoms with E-state index in [2.05, 4.69) is 26.6 Å². The number of rotatable bonds is 15. The molecule has 110 heavy (non-hydrogen) atoms. The molecule has 0 spiro atoms. The molecule has 13 rings (SSSR count). The molecule has 0 saturated carbocycles. The molecule has 0 radical (unpaired) electrons. The molecular weight excluding hydrogens is 1460 g/mol. The standard InChI is InChI=1S/C75H91ClN8O26/c1-29(2)16-43(80-7)70(99)83-58-46(89)19-36(22-52(77)91)68(97)81-56-35-20-49(64(50(21-35)106-48-15-11-34(60(58)92)18-42(48)76)110-73-65(62(94)61(93)51(28-85)107-73)109-54-27-75(6,79)67(96)31(4)104-54)105-38-12-8-32(9-13-38)63(108-53-26-74(5,78)66(95)30(3)103-53)59-71(100)82-57(72(101)102)41-23-37(86)24-45(88)55(41)40-17-33(10-14-44(40)87)39(25-47(56)90)69(98)84-59/h8-15,17-18,20-21,23-24,29-31,36,39,43,51,53-54,56-63,65-67,73,80,85-88,92-96H,16,19,22,25-28,78-79H2,1-7H3,(H2,77,91)(H,81,97)(H,82,100)(H,83,99)(H,84,98)(H,101,102)/t30?,31?,36-,39+,43+,51?,53?,54?,56+,57-,58-,59-,60+,61?,62?,63+,65?,66?,67?,73?,74?,75?/m0/s1. The number of nitrogens with two attached hydrogens (primary N) is 3. The Kier molecular flexibility index (Phi) is 24.5. The number of fused-ring (bicyclic) bond motifs is 15. The number of Topliss-reactive ketones (excluding diaryl/α,β-unsaturated/α-hetero) is 2. The Morgan fingerprint density at radius 1 is 0.700 bits per heavy atom. The highest BCUT2D eigenvalue weighted by molar-refractivity contribution is 6.32. The lowest BCUT2D eigenvalue weighted by Crippen LogP contribution is -2.64. The van der Waals surface area contributed by atoms with Crippen LogP contribution in [-0.2, 0) is 62.0 Å². The predicted molar refractivity (Wildman–Crippen MR) is 383 cm³/mol. The molecule has 3 fully saturated rings. The lowest BCUT2D eigenvalue weighted by Gasteiger charge is -2.47. The third-order valence-corrected chi connectivity index (χ3v) is 21.0. The number of carboxylic acid groups (broad SMARTS) is 1. The van der Waals surface area contributed by atoms with Gasteiger partial charge in [-0.2, -0.15) is 0 Å².